The number of esters is 3. The Morgan fingerprint density at radius 2 is 1.53 bits per heavy atom. The maximum absolute atomic E-state index is 12.9. The first-order valence-corrected chi connectivity index (χ1v) is 18.7. The van der Waals surface area contributed by atoms with E-state index in [0.29, 0.717) is 18.4 Å². The van der Waals surface area contributed by atoms with Crippen LogP contribution in [0.15, 0.2) is 0 Å². The second-order valence-corrected chi connectivity index (χ2v) is 18.2. The van der Waals surface area contributed by atoms with Crippen molar-refractivity contribution < 1.29 is 38.4 Å². The van der Waals surface area contributed by atoms with E-state index in [9.17, 15) is 19.5 Å². The topological polar surface area (TPSA) is 108 Å². The van der Waals surface area contributed by atoms with Gasteiger partial charge in [0.25, 0.3) is 0 Å². The zero-order valence-corrected chi connectivity index (χ0v) is 31.0. The largest absolute Gasteiger partial charge is 0.465 e. The van der Waals surface area contributed by atoms with Gasteiger partial charge in [-0.1, -0.05) is 48.0 Å². The minimum Gasteiger partial charge on any atom is -0.465 e. The van der Waals surface area contributed by atoms with Gasteiger partial charge in [0, 0.05) is 18.3 Å². The van der Waals surface area contributed by atoms with Gasteiger partial charge < -0.3 is 24.1 Å². The highest BCUT2D eigenvalue weighted by molar-refractivity contribution is 5.91. The molecular weight excluding hydrogens is 596 g/mol. The molecule has 1 saturated heterocycles. The van der Waals surface area contributed by atoms with E-state index in [1.165, 1.54) is 0 Å². The summed E-state index contributed by atoms with van der Waals surface area (Å²) >= 11 is 0. The van der Waals surface area contributed by atoms with Crippen molar-refractivity contribution in [3.05, 3.63) is 0 Å². The Labute approximate surface area is 283 Å². The molecule has 8 nitrogen and oxygen atoms in total. The molecule has 0 aromatic heterocycles. The molecule has 0 unspecified atom stereocenters. The Hall–Kier alpha value is -1.67. The number of hydrogen-bond acceptors (Lipinski definition) is 8. The molecule has 0 amide bonds. The standard InChI is InChI=1S/C39H64O8/c1-11-12-21-44-31(41)23-32(42)46-29-15-17-36(7)27(34(29,3)4)14-19-37(8)28(36)22-26(45-24(2)40)33-25(13-18-38(33,37)9)39(10)20-16-30(47-39)35(5,6)43/h25-30,33,43H,11-23H2,1-10H3/t25-,26+,27-,28+,29+,30+,33-,36-,37+,38+,39-/m0/s1. The molecule has 0 bridgehead atoms. The lowest BCUT2D eigenvalue weighted by molar-refractivity contribution is -0.254. The molecule has 0 aromatic rings. The van der Waals surface area contributed by atoms with E-state index >= 15 is 0 Å². The molecule has 11 atom stereocenters. The fourth-order valence-corrected chi connectivity index (χ4v) is 12.3. The highest BCUT2D eigenvalue weighted by Gasteiger charge is 2.72. The van der Waals surface area contributed by atoms with Crippen LogP contribution in [0.1, 0.15) is 146 Å². The van der Waals surface area contributed by atoms with Crippen LogP contribution in [0, 0.1) is 45.3 Å². The monoisotopic (exact) mass is 660 g/mol. The van der Waals surface area contributed by atoms with E-state index < -0.39 is 17.5 Å². The third kappa shape index (κ3) is 6.18. The fraction of sp³-hybridized carbons (Fsp3) is 0.923. The van der Waals surface area contributed by atoms with E-state index in [4.69, 9.17) is 18.9 Å². The predicted molar refractivity (Wildman–Crippen MR) is 179 cm³/mol. The zero-order chi connectivity index (χ0) is 34.8. The Morgan fingerprint density at radius 1 is 0.851 bits per heavy atom. The number of rotatable bonds is 9. The molecule has 1 aliphatic heterocycles. The van der Waals surface area contributed by atoms with Crippen molar-refractivity contribution in [2.75, 3.05) is 6.61 Å². The first-order valence-electron chi connectivity index (χ1n) is 18.7. The minimum atomic E-state index is -0.899. The quantitative estimate of drug-likeness (QED) is 0.117. The molecule has 1 heterocycles. The van der Waals surface area contributed by atoms with Crippen molar-refractivity contribution >= 4 is 17.9 Å². The molecule has 5 fully saturated rings. The third-order valence-electron chi connectivity index (χ3n) is 14.8. The van der Waals surface area contributed by atoms with Crippen LogP contribution >= 0.6 is 0 Å². The average Bonchev–Trinajstić information content (AvgIpc) is 3.54. The summed E-state index contributed by atoms with van der Waals surface area (Å²) in [5.41, 5.74) is -1.57. The first kappa shape index (κ1) is 36.6. The van der Waals surface area contributed by atoms with Crippen LogP contribution in [0.25, 0.3) is 0 Å². The van der Waals surface area contributed by atoms with Gasteiger partial charge in [-0.25, -0.2) is 0 Å². The van der Waals surface area contributed by atoms with E-state index in [0.717, 1.165) is 70.6 Å². The number of ether oxygens (including phenoxy) is 4. The number of unbranched alkanes of at least 4 members (excludes halogenated alkanes) is 1. The van der Waals surface area contributed by atoms with Gasteiger partial charge >= 0.3 is 17.9 Å². The van der Waals surface area contributed by atoms with E-state index in [1.54, 1.807) is 6.92 Å². The molecule has 8 heteroatoms. The summed E-state index contributed by atoms with van der Waals surface area (Å²) in [7, 11) is 0. The molecule has 0 radical (unpaired) electrons. The number of fused-ring (bicyclic) bond motifs is 5. The minimum absolute atomic E-state index is 0.0251. The summed E-state index contributed by atoms with van der Waals surface area (Å²) in [6.07, 6.45) is 9.13. The molecule has 0 spiro atoms. The summed E-state index contributed by atoms with van der Waals surface area (Å²) in [5, 5.41) is 10.8. The van der Waals surface area contributed by atoms with Crippen molar-refractivity contribution in [3.8, 4) is 0 Å². The molecular formula is C39H64O8. The van der Waals surface area contributed by atoms with E-state index in [2.05, 4.69) is 41.5 Å². The smallest absolute Gasteiger partial charge is 0.317 e. The Kier molecular flexibility index (Phi) is 9.80. The second-order valence-electron chi connectivity index (χ2n) is 18.2. The van der Waals surface area contributed by atoms with Gasteiger partial charge in [-0.2, -0.15) is 0 Å². The number of carbonyl (C=O) groups excluding carboxylic acids is 3. The van der Waals surface area contributed by atoms with Crippen molar-refractivity contribution in [1.82, 2.24) is 0 Å². The summed E-state index contributed by atoms with van der Waals surface area (Å²) in [6.45, 7) is 21.8. The molecule has 5 aliphatic rings. The SMILES string of the molecule is CCCCOC(=O)CC(=O)O[C@@H]1CC[C@]2(C)[C@H]3C[C@@H](OC(C)=O)[C@@H]4[C@@H]([C@]5(C)CC[C@H](C(C)(C)O)O5)CC[C@@]4(C)[C@]3(C)CC[C@H]2C1(C)C. The maximum Gasteiger partial charge on any atom is 0.317 e. The van der Waals surface area contributed by atoms with E-state index in [-0.39, 0.29) is 69.8 Å². The second kappa shape index (κ2) is 12.6. The lowest BCUT2D eigenvalue weighted by atomic mass is 9.35. The molecule has 47 heavy (non-hydrogen) atoms. The highest BCUT2D eigenvalue weighted by Crippen LogP contribution is 2.76. The van der Waals surface area contributed by atoms with Crippen LogP contribution in [0.4, 0.5) is 0 Å². The van der Waals surface area contributed by atoms with Crippen molar-refractivity contribution in [1.29, 1.82) is 0 Å². The number of aliphatic hydroxyl groups is 1. The van der Waals surface area contributed by atoms with Crippen LogP contribution in [0.5, 0.6) is 0 Å². The molecule has 4 aliphatic carbocycles. The van der Waals surface area contributed by atoms with E-state index in [1.807, 2.05) is 20.8 Å². The molecule has 268 valence electrons. The zero-order valence-electron chi connectivity index (χ0n) is 31.0. The molecule has 5 rings (SSSR count). The van der Waals surface area contributed by atoms with Crippen LogP contribution in [0.3, 0.4) is 0 Å². The summed E-state index contributed by atoms with van der Waals surface area (Å²) in [4.78, 5) is 37.9. The predicted octanol–water partition coefficient (Wildman–Crippen LogP) is 7.57. The summed E-state index contributed by atoms with van der Waals surface area (Å²) < 4.78 is 24.4. The lowest BCUT2D eigenvalue weighted by Crippen LogP contribution is -2.67. The van der Waals surface area contributed by atoms with Gasteiger partial charge in [0.05, 0.1) is 23.9 Å². The fourth-order valence-electron chi connectivity index (χ4n) is 12.3. The third-order valence-corrected chi connectivity index (χ3v) is 14.8. The highest BCUT2D eigenvalue weighted by atomic mass is 16.6. The van der Waals surface area contributed by atoms with Crippen LogP contribution < -0.4 is 0 Å². The lowest BCUT2D eigenvalue weighted by Gasteiger charge is -2.70. The van der Waals surface area contributed by atoms with Gasteiger partial charge in [0.15, 0.2) is 0 Å². The maximum atomic E-state index is 12.9. The first-order chi connectivity index (χ1) is 21.7. The number of carbonyl (C=O) groups is 3. The molecule has 1 N–H and O–H groups in total. The number of hydrogen-bond donors (Lipinski definition) is 1. The van der Waals surface area contributed by atoms with Gasteiger partial charge in [-0.15, -0.1) is 0 Å². The van der Waals surface area contributed by atoms with Gasteiger partial charge in [0.1, 0.15) is 18.6 Å². The van der Waals surface area contributed by atoms with Gasteiger partial charge in [-0.05, 0) is 119 Å². The Morgan fingerprint density at radius 3 is 2.15 bits per heavy atom. The Bertz CT molecular complexity index is 1210. The normalized spacial score (nSPS) is 44.1. The molecule has 0 aromatic carbocycles. The van der Waals surface area contributed by atoms with Crippen LogP contribution in [0.2, 0.25) is 0 Å². The Balaban J connectivity index is 1.40. The van der Waals surface area contributed by atoms with Crippen molar-refractivity contribution in [3.63, 3.8) is 0 Å². The summed E-state index contributed by atoms with van der Waals surface area (Å²) in [6, 6.07) is 0. The summed E-state index contributed by atoms with van der Waals surface area (Å²) in [5.74, 6) is -0.158. The van der Waals surface area contributed by atoms with Crippen LogP contribution in [-0.4, -0.2) is 59.1 Å². The average molecular weight is 661 g/mol. The van der Waals surface area contributed by atoms with Gasteiger partial charge in [-0.3, -0.25) is 14.4 Å². The molecule has 4 saturated carbocycles. The van der Waals surface area contributed by atoms with Crippen molar-refractivity contribution in [2.24, 2.45) is 45.3 Å². The van der Waals surface area contributed by atoms with Crippen LogP contribution in [-0.2, 0) is 33.3 Å². The van der Waals surface area contributed by atoms with Crippen molar-refractivity contribution in [2.45, 2.75) is 176 Å². The van der Waals surface area contributed by atoms with Gasteiger partial charge in [0.2, 0.25) is 0 Å².